The van der Waals surface area contributed by atoms with E-state index in [0.717, 1.165) is 47.3 Å². The second-order valence-corrected chi connectivity index (χ2v) is 17.7. The van der Waals surface area contributed by atoms with Gasteiger partial charge in [-0.05, 0) is 47.3 Å². The summed E-state index contributed by atoms with van der Waals surface area (Å²) in [5.74, 6) is 7.18. The average molecular weight is 641 g/mol. The predicted octanol–water partition coefficient (Wildman–Crippen LogP) is 17.6. The smallest absolute Gasteiger partial charge is 0.0471 e. The topological polar surface area (TPSA) is 0 Å². The maximum Gasteiger partial charge on any atom is -0.0471 e. The van der Waals surface area contributed by atoms with Gasteiger partial charge in [-0.15, -0.1) is 0 Å². The lowest BCUT2D eigenvalue weighted by atomic mass is 10.0. The molecule has 0 saturated heterocycles. The molecule has 0 N–H and O–H groups in total. The van der Waals surface area contributed by atoms with Crippen LogP contribution in [0.25, 0.3) is 0 Å². The number of rotatable bonds is 24. The molecule has 0 radical (unpaired) electrons. The van der Waals surface area contributed by atoms with Gasteiger partial charge in [-0.1, -0.05) is 247 Å². The Labute approximate surface area is 293 Å². The first-order chi connectivity index (χ1) is 20.5. The molecule has 0 rings (SSSR count). The van der Waals surface area contributed by atoms with Gasteiger partial charge in [-0.25, -0.2) is 0 Å². The first kappa shape index (κ1) is 54.5. The second-order valence-electron chi connectivity index (χ2n) is 17.7. The minimum absolute atomic E-state index is 0. The van der Waals surface area contributed by atoms with Crippen molar-refractivity contribution in [2.24, 2.45) is 47.3 Å². The van der Waals surface area contributed by atoms with Crippen LogP contribution in [-0.2, 0) is 0 Å². The molecule has 0 atom stereocenters. The summed E-state index contributed by atoms with van der Waals surface area (Å²) in [7, 11) is 0. The fraction of sp³-hybridized carbons (Fsp3) is 1.00. The van der Waals surface area contributed by atoms with E-state index < -0.39 is 0 Å². The fourth-order valence-corrected chi connectivity index (χ4v) is 5.13. The lowest BCUT2D eigenvalue weighted by molar-refractivity contribution is 0.486. The van der Waals surface area contributed by atoms with Crippen LogP contribution in [0, 0.1) is 47.3 Å². The summed E-state index contributed by atoms with van der Waals surface area (Å²) in [4.78, 5) is 0. The van der Waals surface area contributed by atoms with Crippen LogP contribution in [0.2, 0.25) is 0 Å². The largest absolute Gasteiger partial charge is 0.0776 e. The molecule has 0 aliphatic rings. The fourth-order valence-electron chi connectivity index (χ4n) is 5.13. The lowest BCUT2D eigenvalue weighted by Crippen LogP contribution is -1.89. The maximum atomic E-state index is 2.31. The molecule has 280 valence electrons. The molecule has 0 aliphatic heterocycles. The van der Waals surface area contributed by atoms with Gasteiger partial charge in [0, 0.05) is 0 Å². The Hall–Kier alpha value is 0. The van der Waals surface area contributed by atoms with Crippen LogP contribution in [0.5, 0.6) is 0 Å². The highest BCUT2D eigenvalue weighted by molar-refractivity contribution is 4.52. The Morgan fingerprint density at radius 3 is 0.333 bits per heavy atom. The summed E-state index contributed by atoms with van der Waals surface area (Å²) >= 11 is 0. The van der Waals surface area contributed by atoms with Crippen LogP contribution in [0.15, 0.2) is 0 Å². The minimum Gasteiger partial charge on any atom is -0.0776 e. The Morgan fingerprint density at radius 2 is 0.267 bits per heavy atom. The first-order valence-electron chi connectivity index (χ1n) is 20.5. The molecule has 0 aromatic carbocycles. The summed E-state index contributed by atoms with van der Waals surface area (Å²) in [5.41, 5.74) is 0. The molecular weight excluding hydrogens is 540 g/mol. The maximum absolute atomic E-state index is 2.31. The minimum atomic E-state index is 0. The number of hydrogen-bond donors (Lipinski definition) is 0. The molecule has 0 saturated carbocycles. The van der Waals surface area contributed by atoms with E-state index in [0.29, 0.717) is 0 Å². The standard InChI is InChI=1S/4C11H24.CH4/c4*1-10(2)8-6-5-7-9-11(3)4;/h4*10-11H,5-9H2,1-4H3;1H4. The van der Waals surface area contributed by atoms with Crippen molar-refractivity contribution >= 4 is 0 Å². The van der Waals surface area contributed by atoms with E-state index in [1.54, 1.807) is 0 Å². The molecular formula is C45H100. The van der Waals surface area contributed by atoms with E-state index >= 15 is 0 Å². The third kappa shape index (κ3) is 75.8. The zero-order valence-electron chi connectivity index (χ0n) is 34.8. The Morgan fingerprint density at radius 1 is 0.178 bits per heavy atom. The quantitative estimate of drug-likeness (QED) is 0.0921. The van der Waals surface area contributed by atoms with Crippen molar-refractivity contribution in [3.8, 4) is 0 Å². The van der Waals surface area contributed by atoms with Gasteiger partial charge >= 0.3 is 0 Å². The van der Waals surface area contributed by atoms with Crippen LogP contribution in [-0.4, -0.2) is 0 Å². The molecule has 0 heterocycles. The summed E-state index contributed by atoms with van der Waals surface area (Å²) < 4.78 is 0. The molecule has 0 heteroatoms. The van der Waals surface area contributed by atoms with Gasteiger partial charge in [0.05, 0.1) is 0 Å². The SMILES string of the molecule is C.CC(C)CCCCCC(C)C.CC(C)CCCCCC(C)C.CC(C)CCCCCC(C)C.CC(C)CCCCCC(C)C. The van der Waals surface area contributed by atoms with Crippen LogP contribution in [0.1, 0.15) is 247 Å². The zero-order chi connectivity index (χ0) is 34.8. The van der Waals surface area contributed by atoms with E-state index in [2.05, 4.69) is 111 Å². The Kier molecular flexibility index (Phi) is 50.8. The molecule has 0 aromatic rings. The van der Waals surface area contributed by atoms with Gasteiger partial charge < -0.3 is 0 Å². The molecule has 0 amide bonds. The predicted molar refractivity (Wildman–Crippen MR) is 218 cm³/mol. The normalized spacial score (nSPS) is 11.2. The van der Waals surface area contributed by atoms with Crippen molar-refractivity contribution in [3.63, 3.8) is 0 Å². The highest BCUT2D eigenvalue weighted by atomic mass is 14.0. The highest BCUT2D eigenvalue weighted by Crippen LogP contribution is 2.15. The molecule has 0 aliphatic carbocycles. The molecule has 0 aromatic heterocycles. The van der Waals surface area contributed by atoms with E-state index in [4.69, 9.17) is 0 Å². The van der Waals surface area contributed by atoms with Gasteiger partial charge in [-0.3, -0.25) is 0 Å². The molecule has 0 unspecified atom stereocenters. The molecule has 0 fully saturated rings. The summed E-state index contributed by atoms with van der Waals surface area (Å²) in [6.07, 6.45) is 28.6. The first-order valence-corrected chi connectivity index (χ1v) is 20.5. The van der Waals surface area contributed by atoms with Gasteiger partial charge in [0.15, 0.2) is 0 Å². The van der Waals surface area contributed by atoms with E-state index in [1.807, 2.05) is 0 Å². The second kappa shape index (κ2) is 42.0. The van der Waals surface area contributed by atoms with Crippen LogP contribution in [0.3, 0.4) is 0 Å². The van der Waals surface area contributed by atoms with Gasteiger partial charge in [-0.2, -0.15) is 0 Å². The van der Waals surface area contributed by atoms with Crippen molar-refractivity contribution in [3.05, 3.63) is 0 Å². The van der Waals surface area contributed by atoms with Gasteiger partial charge in [0.1, 0.15) is 0 Å². The van der Waals surface area contributed by atoms with Gasteiger partial charge in [0.2, 0.25) is 0 Å². The molecule has 0 spiro atoms. The van der Waals surface area contributed by atoms with E-state index in [-0.39, 0.29) is 7.43 Å². The monoisotopic (exact) mass is 641 g/mol. The van der Waals surface area contributed by atoms with E-state index in [9.17, 15) is 0 Å². The average Bonchev–Trinajstić information content (AvgIpc) is 2.87. The summed E-state index contributed by atoms with van der Waals surface area (Å²) in [5, 5.41) is 0. The molecule has 45 heavy (non-hydrogen) atoms. The molecule has 0 nitrogen and oxygen atoms in total. The number of hydrogen-bond acceptors (Lipinski definition) is 0. The number of unbranched alkanes of at least 4 members (excludes halogenated alkanes) is 8. The van der Waals surface area contributed by atoms with Crippen molar-refractivity contribution in [1.29, 1.82) is 0 Å². The molecule has 0 bridgehead atoms. The third-order valence-electron chi connectivity index (χ3n) is 8.25. The van der Waals surface area contributed by atoms with Crippen LogP contribution in [0.4, 0.5) is 0 Å². The summed E-state index contributed by atoms with van der Waals surface area (Å²) in [6.45, 7) is 36.9. The third-order valence-corrected chi connectivity index (χ3v) is 8.25. The van der Waals surface area contributed by atoms with Gasteiger partial charge in [0.25, 0.3) is 0 Å². The van der Waals surface area contributed by atoms with Crippen molar-refractivity contribution in [2.75, 3.05) is 0 Å². The van der Waals surface area contributed by atoms with Crippen molar-refractivity contribution in [1.82, 2.24) is 0 Å². The van der Waals surface area contributed by atoms with Crippen molar-refractivity contribution < 1.29 is 0 Å². The highest BCUT2D eigenvalue weighted by Gasteiger charge is 1.99. The van der Waals surface area contributed by atoms with Crippen molar-refractivity contribution in [2.45, 2.75) is 247 Å². The van der Waals surface area contributed by atoms with Crippen LogP contribution >= 0.6 is 0 Å². The Balaban J connectivity index is -0.000000157. The Bertz CT molecular complexity index is 336. The lowest BCUT2D eigenvalue weighted by Gasteiger charge is -2.05. The van der Waals surface area contributed by atoms with E-state index in [1.165, 1.54) is 128 Å². The summed E-state index contributed by atoms with van der Waals surface area (Å²) in [6, 6.07) is 0. The van der Waals surface area contributed by atoms with Crippen LogP contribution < -0.4 is 0 Å². The zero-order valence-corrected chi connectivity index (χ0v) is 34.8.